The molecule has 2 aromatic carbocycles. The van der Waals surface area contributed by atoms with Crippen LogP contribution in [0.3, 0.4) is 0 Å². The average Bonchev–Trinajstić information content (AvgIpc) is 3.66. The number of ether oxygens (including phenoxy) is 1. The number of rotatable bonds is 0. The maximum atomic E-state index is 5.25. The van der Waals surface area contributed by atoms with Crippen molar-refractivity contribution in [2.45, 2.75) is 146 Å². The van der Waals surface area contributed by atoms with Gasteiger partial charge in [-0.05, 0) is 129 Å². The van der Waals surface area contributed by atoms with E-state index < -0.39 is 0 Å². The third kappa shape index (κ3) is 16.8. The Hall–Kier alpha value is -1.76. The molecule has 0 N–H and O–H groups in total. The smallest absolute Gasteiger partial charge is 0.0594 e. The number of nitrogens with zero attached hydrogens (tertiary/aromatic N) is 4. The molecule has 48 heavy (non-hydrogen) atoms. The zero-order valence-electron chi connectivity index (χ0n) is 34.0. The zero-order chi connectivity index (χ0) is 36.2. The number of hydrogen-bond acceptors (Lipinski definition) is 5. The first-order valence-electron chi connectivity index (χ1n) is 18.8. The number of fused-ring (bicyclic) bond motifs is 2. The van der Waals surface area contributed by atoms with Crippen molar-refractivity contribution in [2.24, 2.45) is 5.41 Å². The number of likely N-dealkylation sites (tertiary alicyclic amines) is 1. The second kappa shape index (κ2) is 19.0. The molecule has 2 saturated heterocycles. The molecule has 5 heteroatoms. The van der Waals surface area contributed by atoms with E-state index >= 15 is 0 Å². The maximum Gasteiger partial charge on any atom is 0.0594 e. The highest BCUT2D eigenvalue weighted by Crippen LogP contribution is 2.28. The summed E-state index contributed by atoms with van der Waals surface area (Å²) in [4.78, 5) is 9.88. The van der Waals surface area contributed by atoms with Gasteiger partial charge >= 0.3 is 0 Å². The van der Waals surface area contributed by atoms with Gasteiger partial charge < -0.3 is 9.64 Å². The van der Waals surface area contributed by atoms with Gasteiger partial charge in [0.1, 0.15) is 0 Å². The van der Waals surface area contributed by atoms with Crippen molar-refractivity contribution >= 4 is 0 Å². The molecule has 4 aliphatic rings. The second-order valence-corrected chi connectivity index (χ2v) is 18.7. The Balaban J connectivity index is 0.000000219. The van der Waals surface area contributed by atoms with E-state index in [1.807, 2.05) is 0 Å². The predicted molar refractivity (Wildman–Crippen MR) is 210 cm³/mol. The quantitative estimate of drug-likeness (QED) is 0.279. The SMILES string of the molecule is CC(C)(C)C.CC(C)(C)N1CCOCC1.CC(C)(C)N1CCc2ccccc2C1.CC(C)(C)N1Cc2ccccc2C1.CN1CCCC1. The molecule has 0 aliphatic carbocycles. The van der Waals surface area contributed by atoms with Crippen molar-refractivity contribution < 1.29 is 4.74 Å². The standard InChI is InChI=1S/C13H19N.C12H17N.C8H17NO.C5H11N.C5H12/c1-13(2,3)14-9-8-11-6-4-5-7-12(11)10-14;1-12(2,3)13-8-10-6-4-5-7-11(10)9-13;1-8(2,3)9-4-6-10-7-5-9;1-6-4-2-3-5-6;1-5(2,3)4/h4-7H,8-10H2,1-3H3;4-7H,8-9H2,1-3H3;4-7H2,1-3H3;2-5H2,1H3;1-4H3. The van der Waals surface area contributed by atoms with Crippen LogP contribution in [-0.2, 0) is 30.8 Å². The molecule has 0 amide bonds. The number of benzene rings is 2. The molecule has 6 rings (SSSR count). The van der Waals surface area contributed by atoms with Gasteiger partial charge in [0.25, 0.3) is 0 Å². The summed E-state index contributed by atoms with van der Waals surface area (Å²) in [6.07, 6.45) is 4.03. The van der Waals surface area contributed by atoms with Gasteiger partial charge in [-0.2, -0.15) is 0 Å². The number of morpholine rings is 1. The first-order chi connectivity index (χ1) is 22.1. The lowest BCUT2D eigenvalue weighted by atomic mass is 9.95. The fourth-order valence-electron chi connectivity index (χ4n) is 5.99. The number of hydrogen-bond donors (Lipinski definition) is 0. The molecule has 0 unspecified atom stereocenters. The second-order valence-electron chi connectivity index (χ2n) is 18.7. The molecule has 0 spiro atoms. The molecule has 0 radical (unpaired) electrons. The Morgan fingerprint density at radius 2 is 0.812 bits per heavy atom. The van der Waals surface area contributed by atoms with Crippen LogP contribution >= 0.6 is 0 Å². The zero-order valence-corrected chi connectivity index (χ0v) is 34.0. The minimum atomic E-state index is 0.291. The first kappa shape index (κ1) is 42.4. The highest BCUT2D eigenvalue weighted by Gasteiger charge is 2.27. The Kier molecular flexibility index (Phi) is 16.8. The highest BCUT2D eigenvalue weighted by molar-refractivity contribution is 5.31. The highest BCUT2D eigenvalue weighted by atomic mass is 16.5. The lowest BCUT2D eigenvalue weighted by Gasteiger charge is -2.39. The van der Waals surface area contributed by atoms with Crippen LogP contribution in [0.15, 0.2) is 48.5 Å². The third-order valence-corrected chi connectivity index (χ3v) is 9.16. The van der Waals surface area contributed by atoms with E-state index in [1.54, 1.807) is 0 Å². The van der Waals surface area contributed by atoms with Gasteiger partial charge in [0, 0.05) is 55.9 Å². The van der Waals surface area contributed by atoms with Gasteiger partial charge in [0.05, 0.1) is 13.2 Å². The van der Waals surface area contributed by atoms with E-state index in [0.717, 1.165) is 45.9 Å². The van der Waals surface area contributed by atoms with Gasteiger partial charge in [-0.3, -0.25) is 14.7 Å². The fourth-order valence-corrected chi connectivity index (χ4v) is 5.99. The lowest BCUT2D eigenvalue weighted by molar-refractivity contribution is -0.00389. The summed E-state index contributed by atoms with van der Waals surface area (Å²) in [5, 5.41) is 0. The molecule has 0 atom stereocenters. The normalized spacial score (nSPS) is 19.2. The van der Waals surface area contributed by atoms with E-state index in [9.17, 15) is 0 Å². The summed E-state index contributed by atoms with van der Waals surface area (Å²) < 4.78 is 5.25. The summed E-state index contributed by atoms with van der Waals surface area (Å²) in [5.41, 5.74) is 7.45. The molecular formula is C43H76N4O. The van der Waals surface area contributed by atoms with Gasteiger partial charge in [-0.15, -0.1) is 0 Å². The molecule has 2 aromatic rings. The summed E-state index contributed by atoms with van der Waals surface area (Å²) in [6.45, 7) is 40.3. The van der Waals surface area contributed by atoms with Crippen LogP contribution in [0.1, 0.15) is 125 Å². The van der Waals surface area contributed by atoms with Crippen LogP contribution in [-0.4, -0.2) is 89.2 Å². The van der Waals surface area contributed by atoms with Crippen LogP contribution in [0.5, 0.6) is 0 Å². The Morgan fingerprint density at radius 1 is 0.458 bits per heavy atom. The van der Waals surface area contributed by atoms with Gasteiger partial charge in [-0.25, -0.2) is 0 Å². The van der Waals surface area contributed by atoms with E-state index in [4.69, 9.17) is 4.74 Å². The van der Waals surface area contributed by atoms with E-state index in [0.29, 0.717) is 22.0 Å². The Bertz CT molecular complexity index is 1140. The molecule has 0 bridgehead atoms. The van der Waals surface area contributed by atoms with Gasteiger partial charge in [-0.1, -0.05) is 76.2 Å². The van der Waals surface area contributed by atoms with Crippen LogP contribution in [0, 0.1) is 5.41 Å². The minimum absolute atomic E-state index is 0.291. The topological polar surface area (TPSA) is 22.2 Å². The summed E-state index contributed by atoms with van der Waals surface area (Å²) in [6, 6.07) is 17.5. The van der Waals surface area contributed by atoms with Gasteiger partial charge in [0.2, 0.25) is 0 Å². The molecule has 0 saturated carbocycles. The summed E-state index contributed by atoms with van der Waals surface area (Å²) >= 11 is 0. The molecule has 0 aromatic heterocycles. The summed E-state index contributed by atoms with van der Waals surface area (Å²) in [7, 11) is 2.17. The molecule has 5 nitrogen and oxygen atoms in total. The first-order valence-corrected chi connectivity index (χ1v) is 18.8. The Morgan fingerprint density at radius 3 is 1.15 bits per heavy atom. The third-order valence-electron chi connectivity index (χ3n) is 9.16. The van der Waals surface area contributed by atoms with Gasteiger partial charge in [0.15, 0.2) is 0 Å². The van der Waals surface area contributed by atoms with Crippen molar-refractivity contribution in [1.29, 1.82) is 0 Å². The molecule has 274 valence electrons. The maximum absolute atomic E-state index is 5.25. The molecule has 4 heterocycles. The molecule has 4 aliphatic heterocycles. The monoisotopic (exact) mass is 665 g/mol. The van der Waals surface area contributed by atoms with Crippen LogP contribution in [0.25, 0.3) is 0 Å². The summed E-state index contributed by atoms with van der Waals surface area (Å²) in [5.74, 6) is 0. The van der Waals surface area contributed by atoms with Crippen molar-refractivity contribution in [2.75, 3.05) is 53.0 Å². The van der Waals surface area contributed by atoms with Crippen LogP contribution < -0.4 is 0 Å². The van der Waals surface area contributed by atoms with E-state index in [1.165, 1.54) is 61.2 Å². The molecular weight excluding hydrogens is 589 g/mol. The fraction of sp³-hybridized carbons (Fsp3) is 0.721. The van der Waals surface area contributed by atoms with Crippen molar-refractivity contribution in [3.05, 3.63) is 70.8 Å². The minimum Gasteiger partial charge on any atom is -0.379 e. The van der Waals surface area contributed by atoms with Crippen LogP contribution in [0.4, 0.5) is 0 Å². The Labute approximate surface area is 298 Å². The average molecular weight is 665 g/mol. The van der Waals surface area contributed by atoms with E-state index in [2.05, 4.69) is 165 Å². The van der Waals surface area contributed by atoms with Crippen molar-refractivity contribution in [3.63, 3.8) is 0 Å². The van der Waals surface area contributed by atoms with Crippen LogP contribution in [0.2, 0.25) is 0 Å². The van der Waals surface area contributed by atoms with E-state index in [-0.39, 0.29) is 0 Å². The van der Waals surface area contributed by atoms with Crippen molar-refractivity contribution in [3.8, 4) is 0 Å². The predicted octanol–water partition coefficient (Wildman–Crippen LogP) is 9.53. The molecule has 2 fully saturated rings. The van der Waals surface area contributed by atoms with Crippen molar-refractivity contribution in [1.82, 2.24) is 19.6 Å². The lowest BCUT2D eigenvalue weighted by Crippen LogP contribution is -2.47. The largest absolute Gasteiger partial charge is 0.379 e.